The van der Waals surface area contributed by atoms with Crippen molar-refractivity contribution >= 4 is 46.2 Å². The highest BCUT2D eigenvalue weighted by molar-refractivity contribution is 8.18. The van der Waals surface area contributed by atoms with Gasteiger partial charge in [0.05, 0.1) is 10.6 Å². The van der Waals surface area contributed by atoms with Crippen molar-refractivity contribution in [1.29, 1.82) is 0 Å². The van der Waals surface area contributed by atoms with E-state index in [1.807, 2.05) is 55.5 Å². The van der Waals surface area contributed by atoms with Crippen molar-refractivity contribution < 1.29 is 9.53 Å². The van der Waals surface area contributed by atoms with E-state index in [4.69, 9.17) is 16.3 Å². The van der Waals surface area contributed by atoms with Crippen LogP contribution in [0.2, 0.25) is 5.02 Å². The van der Waals surface area contributed by atoms with Crippen LogP contribution in [0.4, 0.5) is 5.69 Å². The molecule has 1 N–H and O–H groups in total. The number of nitrogens with one attached hydrogen (secondary N) is 1. The molecule has 1 saturated heterocycles. The molecule has 0 unspecified atom stereocenters. The molecule has 4 nitrogen and oxygen atoms in total. The van der Waals surface area contributed by atoms with Crippen molar-refractivity contribution in [3.05, 3.63) is 76.2 Å². The van der Waals surface area contributed by atoms with Crippen molar-refractivity contribution in [2.45, 2.75) is 6.92 Å². The summed E-state index contributed by atoms with van der Waals surface area (Å²) in [6.07, 6.45) is 3.52. The van der Waals surface area contributed by atoms with Crippen LogP contribution in [-0.2, 0) is 4.79 Å². The van der Waals surface area contributed by atoms with Crippen molar-refractivity contribution in [3.8, 4) is 5.75 Å². The average Bonchev–Trinajstić information content (AvgIpc) is 2.97. The fourth-order valence-corrected chi connectivity index (χ4v) is 3.28. The van der Waals surface area contributed by atoms with Gasteiger partial charge in [0.25, 0.3) is 5.91 Å². The minimum atomic E-state index is -0.166. The number of carbonyl (C=O) groups excluding carboxylic acids is 1. The van der Waals surface area contributed by atoms with Gasteiger partial charge < -0.3 is 10.1 Å². The van der Waals surface area contributed by atoms with E-state index in [-0.39, 0.29) is 5.91 Å². The van der Waals surface area contributed by atoms with Crippen molar-refractivity contribution in [2.75, 3.05) is 6.61 Å². The van der Waals surface area contributed by atoms with E-state index < -0.39 is 0 Å². The largest absolute Gasteiger partial charge is 0.490 e. The first-order valence-electron chi connectivity index (χ1n) is 7.95. The standard InChI is InChI=1S/C20H17ClN2O2S/c1-3-11-25-15-9-7-14(8-10-15)12-18-19(24)23-20(26-18)22-17-6-4-5-16(21)13(17)2/h3-10,12H,1,11H2,2H3,(H,22,23,24)/b18-12-. The minimum absolute atomic E-state index is 0.166. The number of amides is 1. The molecule has 0 radical (unpaired) electrons. The predicted molar refractivity (Wildman–Crippen MR) is 109 cm³/mol. The van der Waals surface area contributed by atoms with Gasteiger partial charge in [-0.1, -0.05) is 42.5 Å². The van der Waals surface area contributed by atoms with Gasteiger partial charge in [-0.2, -0.15) is 0 Å². The summed E-state index contributed by atoms with van der Waals surface area (Å²) >= 11 is 7.42. The summed E-state index contributed by atoms with van der Waals surface area (Å²) in [6, 6.07) is 13.0. The van der Waals surface area contributed by atoms with E-state index in [0.29, 0.717) is 21.7 Å². The molecule has 1 amide bonds. The third-order valence-corrected chi connectivity index (χ3v) is 4.98. The molecular weight excluding hydrogens is 368 g/mol. The second-order valence-corrected chi connectivity index (χ2v) is 6.97. The molecule has 3 rings (SSSR count). The molecule has 1 aliphatic heterocycles. The molecule has 1 heterocycles. The van der Waals surface area contributed by atoms with Crippen molar-refractivity contribution in [3.63, 3.8) is 0 Å². The molecule has 132 valence electrons. The first-order valence-corrected chi connectivity index (χ1v) is 9.15. The van der Waals surface area contributed by atoms with Gasteiger partial charge >= 0.3 is 0 Å². The fourth-order valence-electron chi connectivity index (χ4n) is 2.27. The lowest BCUT2D eigenvalue weighted by molar-refractivity contribution is -0.115. The van der Waals surface area contributed by atoms with Crippen LogP contribution in [0.3, 0.4) is 0 Å². The number of rotatable bonds is 5. The Labute approximate surface area is 161 Å². The number of halogens is 1. The van der Waals surface area contributed by atoms with Gasteiger partial charge in [-0.05, 0) is 60.2 Å². The number of hydrogen-bond acceptors (Lipinski definition) is 4. The van der Waals surface area contributed by atoms with Gasteiger partial charge in [-0.15, -0.1) is 0 Å². The fraction of sp³-hybridized carbons (Fsp3) is 0.100. The number of amidine groups is 1. The van der Waals surface area contributed by atoms with E-state index >= 15 is 0 Å². The summed E-state index contributed by atoms with van der Waals surface area (Å²) in [6.45, 7) is 5.98. The zero-order valence-corrected chi connectivity index (χ0v) is 15.7. The summed E-state index contributed by atoms with van der Waals surface area (Å²) in [5, 5.41) is 3.97. The maximum Gasteiger partial charge on any atom is 0.264 e. The second kappa shape index (κ2) is 8.25. The van der Waals surface area contributed by atoms with Crippen LogP contribution in [0, 0.1) is 6.92 Å². The Hall–Kier alpha value is -2.50. The smallest absolute Gasteiger partial charge is 0.264 e. The number of ether oxygens (including phenoxy) is 1. The maximum atomic E-state index is 12.2. The van der Waals surface area contributed by atoms with E-state index in [0.717, 1.165) is 22.6 Å². The monoisotopic (exact) mass is 384 g/mol. The van der Waals surface area contributed by atoms with Crippen LogP contribution in [0.5, 0.6) is 5.75 Å². The number of aliphatic imine (C=N–C) groups is 1. The first kappa shape index (κ1) is 18.3. The third-order valence-electron chi connectivity index (χ3n) is 3.66. The van der Waals surface area contributed by atoms with E-state index in [9.17, 15) is 4.79 Å². The van der Waals surface area contributed by atoms with Gasteiger partial charge in [0.15, 0.2) is 5.17 Å². The number of nitrogens with zero attached hydrogens (tertiary/aromatic N) is 1. The molecule has 2 aromatic rings. The van der Waals surface area contributed by atoms with Gasteiger partial charge in [0, 0.05) is 5.02 Å². The Bertz CT molecular complexity index is 905. The Morgan fingerprint density at radius 1 is 1.27 bits per heavy atom. The van der Waals surface area contributed by atoms with Gasteiger partial charge in [0.1, 0.15) is 12.4 Å². The minimum Gasteiger partial charge on any atom is -0.490 e. The number of carbonyl (C=O) groups is 1. The van der Waals surface area contributed by atoms with E-state index in [2.05, 4.69) is 16.9 Å². The predicted octanol–water partition coefficient (Wildman–Crippen LogP) is 5.10. The van der Waals surface area contributed by atoms with Gasteiger partial charge in [-0.3, -0.25) is 4.79 Å². The molecule has 0 aromatic heterocycles. The second-order valence-electron chi connectivity index (χ2n) is 5.53. The average molecular weight is 385 g/mol. The van der Waals surface area contributed by atoms with Crippen molar-refractivity contribution in [1.82, 2.24) is 5.32 Å². The SMILES string of the molecule is C=CCOc1ccc(/C=C2\SC(=Nc3cccc(Cl)c3C)NC2=O)cc1. The van der Waals surface area contributed by atoms with Gasteiger partial charge in [0.2, 0.25) is 0 Å². The zero-order chi connectivity index (χ0) is 18.5. The van der Waals surface area contributed by atoms with Crippen LogP contribution < -0.4 is 10.1 Å². The highest BCUT2D eigenvalue weighted by Gasteiger charge is 2.24. The Kier molecular flexibility index (Phi) is 5.81. The van der Waals surface area contributed by atoms with E-state index in [1.54, 1.807) is 6.08 Å². The molecule has 0 atom stereocenters. The van der Waals surface area contributed by atoms with Crippen LogP contribution in [-0.4, -0.2) is 17.7 Å². The lowest BCUT2D eigenvalue weighted by Gasteiger charge is -2.03. The Morgan fingerprint density at radius 3 is 2.77 bits per heavy atom. The summed E-state index contributed by atoms with van der Waals surface area (Å²) in [5.74, 6) is 0.592. The number of thioether (sulfide) groups is 1. The van der Waals surface area contributed by atoms with Gasteiger partial charge in [-0.25, -0.2) is 4.99 Å². The lowest BCUT2D eigenvalue weighted by atomic mass is 10.2. The molecule has 0 aliphatic carbocycles. The Balaban J connectivity index is 1.77. The highest BCUT2D eigenvalue weighted by Crippen LogP contribution is 2.31. The molecule has 1 aliphatic rings. The molecule has 1 fully saturated rings. The normalized spacial score (nSPS) is 16.8. The summed E-state index contributed by atoms with van der Waals surface area (Å²) < 4.78 is 5.45. The lowest BCUT2D eigenvalue weighted by Crippen LogP contribution is -2.19. The first-order chi connectivity index (χ1) is 12.6. The summed E-state index contributed by atoms with van der Waals surface area (Å²) in [4.78, 5) is 17.3. The van der Waals surface area contributed by atoms with Crippen LogP contribution >= 0.6 is 23.4 Å². The van der Waals surface area contributed by atoms with Crippen LogP contribution in [0.25, 0.3) is 6.08 Å². The zero-order valence-electron chi connectivity index (χ0n) is 14.2. The number of benzene rings is 2. The van der Waals surface area contributed by atoms with E-state index in [1.165, 1.54) is 11.8 Å². The highest BCUT2D eigenvalue weighted by atomic mass is 35.5. The Morgan fingerprint density at radius 2 is 2.04 bits per heavy atom. The molecule has 26 heavy (non-hydrogen) atoms. The molecule has 0 saturated carbocycles. The summed E-state index contributed by atoms with van der Waals surface area (Å²) in [7, 11) is 0. The topological polar surface area (TPSA) is 50.7 Å². The quantitative estimate of drug-likeness (QED) is 0.576. The van der Waals surface area contributed by atoms with Crippen LogP contribution in [0.1, 0.15) is 11.1 Å². The molecule has 6 heteroatoms. The van der Waals surface area contributed by atoms with Crippen molar-refractivity contribution in [2.24, 2.45) is 4.99 Å². The molecule has 0 spiro atoms. The maximum absolute atomic E-state index is 12.2. The molecular formula is C20H17ClN2O2S. The third kappa shape index (κ3) is 4.36. The summed E-state index contributed by atoms with van der Waals surface area (Å²) in [5.41, 5.74) is 2.53. The molecule has 2 aromatic carbocycles. The van der Waals surface area contributed by atoms with Crippen LogP contribution in [0.15, 0.2) is 65.0 Å². The number of hydrogen-bond donors (Lipinski definition) is 1. The molecule has 0 bridgehead atoms.